The SMILES string of the molecule is CN(C)C(CNC(=O)c1cccc(S(=O)(=O)N(C)c2ccccc2)c1)Cc1ccccc1. The Bertz CT molecular complexity index is 1130. The molecule has 1 amide bonds. The van der Waals surface area contributed by atoms with Crippen molar-refractivity contribution in [3.8, 4) is 0 Å². The highest BCUT2D eigenvalue weighted by molar-refractivity contribution is 7.92. The first kappa shape index (κ1) is 23.5. The van der Waals surface area contributed by atoms with E-state index in [0.717, 1.165) is 6.42 Å². The van der Waals surface area contributed by atoms with Crippen molar-refractivity contribution in [3.63, 3.8) is 0 Å². The standard InChI is InChI=1S/C25H29N3O3S/c1-27(2)23(17-20-11-6-4-7-12-20)19-26-25(29)21-13-10-16-24(18-21)32(30,31)28(3)22-14-8-5-9-15-22/h4-16,18,23H,17,19H2,1-3H3,(H,26,29). The van der Waals surface area contributed by atoms with E-state index < -0.39 is 10.0 Å². The molecule has 0 aliphatic heterocycles. The van der Waals surface area contributed by atoms with Gasteiger partial charge >= 0.3 is 0 Å². The molecule has 3 aromatic carbocycles. The van der Waals surface area contributed by atoms with Crippen molar-refractivity contribution >= 4 is 21.6 Å². The van der Waals surface area contributed by atoms with Gasteiger partial charge in [-0.3, -0.25) is 9.10 Å². The molecule has 0 fully saturated rings. The maximum absolute atomic E-state index is 13.1. The molecule has 0 radical (unpaired) electrons. The van der Waals surface area contributed by atoms with E-state index in [4.69, 9.17) is 0 Å². The Kier molecular flexibility index (Phi) is 7.66. The van der Waals surface area contributed by atoms with Gasteiger partial charge in [0.05, 0.1) is 10.6 Å². The number of anilines is 1. The second-order valence-corrected chi connectivity index (χ2v) is 9.82. The molecule has 0 saturated heterocycles. The first-order valence-electron chi connectivity index (χ1n) is 10.4. The molecular formula is C25H29N3O3S. The van der Waals surface area contributed by atoms with Gasteiger partial charge in [0.1, 0.15) is 0 Å². The topological polar surface area (TPSA) is 69.7 Å². The van der Waals surface area contributed by atoms with Gasteiger partial charge < -0.3 is 10.2 Å². The third kappa shape index (κ3) is 5.75. The van der Waals surface area contributed by atoms with Gasteiger partial charge in [-0.2, -0.15) is 0 Å². The summed E-state index contributed by atoms with van der Waals surface area (Å²) in [5, 5.41) is 2.95. The third-order valence-corrected chi connectivity index (χ3v) is 7.20. The Hall–Kier alpha value is -3.16. The molecule has 6 nitrogen and oxygen atoms in total. The number of likely N-dealkylation sites (N-methyl/N-ethyl adjacent to an activating group) is 1. The summed E-state index contributed by atoms with van der Waals surface area (Å²) in [5.74, 6) is -0.302. The zero-order valence-electron chi connectivity index (χ0n) is 18.6. The predicted molar refractivity (Wildman–Crippen MR) is 128 cm³/mol. The zero-order valence-corrected chi connectivity index (χ0v) is 19.4. The lowest BCUT2D eigenvalue weighted by Gasteiger charge is -2.25. The van der Waals surface area contributed by atoms with Gasteiger partial charge in [-0.05, 0) is 56.4 Å². The minimum Gasteiger partial charge on any atom is -0.350 e. The average molecular weight is 452 g/mol. The van der Waals surface area contributed by atoms with E-state index in [9.17, 15) is 13.2 Å². The van der Waals surface area contributed by atoms with Crippen molar-refractivity contribution in [2.75, 3.05) is 32.0 Å². The van der Waals surface area contributed by atoms with Crippen LogP contribution in [0.2, 0.25) is 0 Å². The average Bonchev–Trinajstić information content (AvgIpc) is 2.82. The van der Waals surface area contributed by atoms with Gasteiger partial charge in [0.2, 0.25) is 0 Å². The highest BCUT2D eigenvalue weighted by Gasteiger charge is 2.22. The van der Waals surface area contributed by atoms with Crippen LogP contribution < -0.4 is 9.62 Å². The number of sulfonamides is 1. The molecule has 3 aromatic rings. The van der Waals surface area contributed by atoms with Crippen LogP contribution in [0.1, 0.15) is 15.9 Å². The Morgan fingerprint density at radius 2 is 1.50 bits per heavy atom. The highest BCUT2D eigenvalue weighted by Crippen LogP contribution is 2.22. The molecule has 32 heavy (non-hydrogen) atoms. The molecule has 1 atom stereocenters. The smallest absolute Gasteiger partial charge is 0.264 e. The van der Waals surface area contributed by atoms with Crippen molar-refractivity contribution < 1.29 is 13.2 Å². The van der Waals surface area contributed by atoms with Gasteiger partial charge in [-0.1, -0.05) is 54.6 Å². The zero-order chi connectivity index (χ0) is 23.1. The summed E-state index contributed by atoms with van der Waals surface area (Å²) in [6.45, 7) is 0.446. The van der Waals surface area contributed by atoms with Crippen LogP contribution >= 0.6 is 0 Å². The first-order chi connectivity index (χ1) is 15.3. The maximum atomic E-state index is 13.1. The molecule has 7 heteroatoms. The minimum atomic E-state index is -3.79. The van der Waals surface area contributed by atoms with Crippen LogP contribution in [0, 0.1) is 0 Å². The van der Waals surface area contributed by atoms with E-state index in [-0.39, 0.29) is 16.8 Å². The minimum absolute atomic E-state index is 0.0740. The number of hydrogen-bond donors (Lipinski definition) is 1. The fourth-order valence-electron chi connectivity index (χ4n) is 3.37. The first-order valence-corrected chi connectivity index (χ1v) is 11.9. The molecule has 0 heterocycles. The fraction of sp³-hybridized carbons (Fsp3) is 0.240. The summed E-state index contributed by atoms with van der Waals surface area (Å²) in [7, 11) is 1.67. The van der Waals surface area contributed by atoms with Crippen molar-refractivity contribution in [1.29, 1.82) is 0 Å². The van der Waals surface area contributed by atoms with Crippen LogP contribution in [-0.2, 0) is 16.4 Å². The van der Waals surface area contributed by atoms with Gasteiger partial charge in [-0.25, -0.2) is 8.42 Å². The molecule has 0 bridgehead atoms. The molecule has 3 rings (SSSR count). The number of benzene rings is 3. The Morgan fingerprint density at radius 1 is 0.875 bits per heavy atom. The number of carbonyl (C=O) groups excluding carboxylic acids is 1. The number of hydrogen-bond acceptors (Lipinski definition) is 4. The summed E-state index contributed by atoms with van der Waals surface area (Å²) in [6.07, 6.45) is 0.796. The third-order valence-electron chi connectivity index (χ3n) is 5.42. The Labute approximate surface area is 190 Å². The predicted octanol–water partition coefficient (Wildman–Crippen LogP) is 3.41. The summed E-state index contributed by atoms with van der Waals surface area (Å²) in [4.78, 5) is 15.0. The highest BCUT2D eigenvalue weighted by atomic mass is 32.2. The van der Waals surface area contributed by atoms with Crippen LogP contribution in [0.4, 0.5) is 5.69 Å². The molecule has 1 unspecified atom stereocenters. The summed E-state index contributed by atoms with van der Waals surface area (Å²) >= 11 is 0. The van der Waals surface area contributed by atoms with Crippen LogP contribution in [-0.4, -0.2) is 53.0 Å². The quantitative estimate of drug-likeness (QED) is 0.541. The number of para-hydroxylation sites is 1. The van der Waals surface area contributed by atoms with Crippen LogP contribution in [0.5, 0.6) is 0 Å². The van der Waals surface area contributed by atoms with Gasteiger partial charge in [0, 0.05) is 25.2 Å². The molecular weight excluding hydrogens is 422 g/mol. The number of nitrogens with zero attached hydrogens (tertiary/aromatic N) is 2. The fourth-order valence-corrected chi connectivity index (χ4v) is 4.61. The summed E-state index contributed by atoms with van der Waals surface area (Å²) in [5.41, 5.74) is 2.05. The molecule has 0 aromatic heterocycles. The number of nitrogens with one attached hydrogen (secondary N) is 1. The summed E-state index contributed by atoms with van der Waals surface area (Å²) in [6, 6.07) is 25.2. The number of rotatable bonds is 9. The lowest BCUT2D eigenvalue weighted by molar-refractivity contribution is 0.0941. The number of carbonyl (C=O) groups is 1. The van der Waals surface area contributed by atoms with Crippen LogP contribution in [0.15, 0.2) is 89.8 Å². The molecule has 1 N–H and O–H groups in total. The molecule has 0 aliphatic carbocycles. The van der Waals surface area contributed by atoms with Crippen LogP contribution in [0.3, 0.4) is 0 Å². The van der Waals surface area contributed by atoms with E-state index in [1.807, 2.05) is 38.4 Å². The van der Waals surface area contributed by atoms with Crippen molar-refractivity contribution in [3.05, 3.63) is 96.1 Å². The Balaban J connectivity index is 1.72. The summed E-state index contributed by atoms with van der Waals surface area (Å²) < 4.78 is 27.3. The number of amides is 1. The van der Waals surface area contributed by atoms with E-state index in [0.29, 0.717) is 17.8 Å². The van der Waals surface area contributed by atoms with Crippen molar-refractivity contribution in [2.45, 2.75) is 17.4 Å². The molecule has 0 aliphatic rings. The molecule has 0 spiro atoms. The lowest BCUT2D eigenvalue weighted by Crippen LogP contribution is -2.41. The van der Waals surface area contributed by atoms with Gasteiger partial charge in [-0.15, -0.1) is 0 Å². The van der Waals surface area contributed by atoms with Gasteiger partial charge in [0.25, 0.3) is 15.9 Å². The van der Waals surface area contributed by atoms with E-state index >= 15 is 0 Å². The van der Waals surface area contributed by atoms with Gasteiger partial charge in [0.15, 0.2) is 0 Å². The second kappa shape index (κ2) is 10.4. The van der Waals surface area contributed by atoms with Crippen molar-refractivity contribution in [1.82, 2.24) is 10.2 Å². The van der Waals surface area contributed by atoms with Crippen LogP contribution in [0.25, 0.3) is 0 Å². The largest absolute Gasteiger partial charge is 0.350 e. The molecule has 168 valence electrons. The van der Waals surface area contributed by atoms with E-state index in [1.54, 1.807) is 36.4 Å². The second-order valence-electron chi connectivity index (χ2n) is 7.85. The van der Waals surface area contributed by atoms with E-state index in [2.05, 4.69) is 22.3 Å². The van der Waals surface area contributed by atoms with E-state index in [1.165, 1.54) is 29.0 Å². The Morgan fingerprint density at radius 3 is 2.12 bits per heavy atom. The molecule has 0 saturated carbocycles. The van der Waals surface area contributed by atoms with Crippen molar-refractivity contribution in [2.24, 2.45) is 0 Å². The monoisotopic (exact) mass is 451 g/mol. The lowest BCUT2D eigenvalue weighted by atomic mass is 10.1. The maximum Gasteiger partial charge on any atom is 0.264 e. The normalized spacial score (nSPS) is 12.4.